The average Bonchev–Trinajstić information content (AvgIpc) is 1.88. The molecule has 0 spiro atoms. The van der Waals surface area contributed by atoms with Gasteiger partial charge in [-0.1, -0.05) is 17.7 Å². The van der Waals surface area contributed by atoms with Gasteiger partial charge in [0.25, 0.3) is 0 Å². The van der Waals surface area contributed by atoms with Crippen molar-refractivity contribution in [3.63, 3.8) is 0 Å². The monoisotopic (exact) mass is 140 g/mol. The number of hydrogen-bond donors (Lipinski definition) is 0. The summed E-state index contributed by atoms with van der Waals surface area (Å²) in [6, 6.07) is 7.44. The number of rotatable bonds is 1. The van der Waals surface area contributed by atoms with Crippen LogP contribution in [0.3, 0.4) is 0 Å². The Morgan fingerprint density at radius 2 is 2.22 bits per heavy atom. The highest BCUT2D eigenvalue weighted by atomic mass is 35.5. The minimum absolute atomic E-state index is 0.734. The molecular weight excluding hydrogens is 134 g/mol. The molecule has 0 unspecified atom stereocenters. The van der Waals surface area contributed by atoms with Crippen molar-refractivity contribution < 1.29 is 0 Å². The zero-order valence-corrected chi connectivity index (χ0v) is 5.89. The summed E-state index contributed by atoms with van der Waals surface area (Å²) in [6.07, 6.45) is 0. The maximum absolute atomic E-state index is 5.66. The molecule has 1 aromatic carbocycles. The van der Waals surface area contributed by atoms with Gasteiger partial charge in [-0.15, -0.1) is 0 Å². The maximum atomic E-state index is 5.66. The standard InChI is InChI=1S/C7H7ClN/c1-9-7-4-2-3-6(8)5-7/h2-5H,1H3. The van der Waals surface area contributed by atoms with Crippen LogP contribution < -0.4 is 5.32 Å². The van der Waals surface area contributed by atoms with Gasteiger partial charge in [-0.2, -0.15) is 0 Å². The molecule has 1 rings (SSSR count). The Hall–Kier alpha value is -0.690. The summed E-state index contributed by atoms with van der Waals surface area (Å²) in [5, 5.41) is 4.68. The molecule has 0 aromatic heterocycles. The third-order valence-corrected chi connectivity index (χ3v) is 1.30. The Morgan fingerprint density at radius 3 is 2.67 bits per heavy atom. The molecule has 2 heteroatoms. The molecule has 1 nitrogen and oxygen atoms in total. The molecule has 1 aromatic rings. The fourth-order valence-corrected chi connectivity index (χ4v) is 0.800. The molecule has 0 atom stereocenters. The van der Waals surface area contributed by atoms with Crippen molar-refractivity contribution in [1.29, 1.82) is 0 Å². The number of halogens is 1. The second-order valence-electron chi connectivity index (χ2n) is 1.70. The van der Waals surface area contributed by atoms with E-state index in [1.165, 1.54) is 0 Å². The maximum Gasteiger partial charge on any atom is 0.0585 e. The van der Waals surface area contributed by atoms with E-state index < -0.39 is 0 Å². The van der Waals surface area contributed by atoms with E-state index in [9.17, 15) is 0 Å². The second-order valence-corrected chi connectivity index (χ2v) is 2.14. The van der Waals surface area contributed by atoms with E-state index in [0.717, 1.165) is 10.7 Å². The fourth-order valence-electron chi connectivity index (χ4n) is 0.615. The zero-order chi connectivity index (χ0) is 6.69. The summed E-state index contributed by atoms with van der Waals surface area (Å²) >= 11 is 5.66. The highest BCUT2D eigenvalue weighted by Crippen LogP contribution is 2.13. The molecule has 47 valence electrons. The zero-order valence-electron chi connectivity index (χ0n) is 5.13. The Labute approximate surface area is 59.6 Å². The van der Waals surface area contributed by atoms with Crippen molar-refractivity contribution in [2.24, 2.45) is 0 Å². The second kappa shape index (κ2) is 2.74. The normalized spacial score (nSPS) is 9.11. The predicted molar refractivity (Wildman–Crippen MR) is 39.2 cm³/mol. The van der Waals surface area contributed by atoms with Crippen LogP contribution in [-0.4, -0.2) is 7.05 Å². The lowest BCUT2D eigenvalue weighted by molar-refractivity contribution is 1.09. The van der Waals surface area contributed by atoms with Gasteiger partial charge in [0.2, 0.25) is 0 Å². The molecule has 0 amide bonds. The third kappa shape index (κ3) is 1.61. The lowest BCUT2D eigenvalue weighted by atomic mass is 10.3. The first-order chi connectivity index (χ1) is 4.33. The van der Waals surface area contributed by atoms with Crippen molar-refractivity contribution in [1.82, 2.24) is 5.32 Å². The largest absolute Gasteiger partial charge is 0.289 e. The van der Waals surface area contributed by atoms with Crippen LogP contribution in [-0.2, 0) is 0 Å². The number of hydrogen-bond acceptors (Lipinski definition) is 0. The molecular formula is C7H7ClN. The minimum Gasteiger partial charge on any atom is -0.289 e. The first-order valence-corrected chi connectivity index (χ1v) is 3.06. The Balaban J connectivity index is 2.94. The topological polar surface area (TPSA) is 14.1 Å². The average molecular weight is 141 g/mol. The van der Waals surface area contributed by atoms with Crippen molar-refractivity contribution in [2.45, 2.75) is 0 Å². The van der Waals surface area contributed by atoms with Crippen LogP contribution in [0.1, 0.15) is 0 Å². The van der Waals surface area contributed by atoms with Gasteiger partial charge in [0.1, 0.15) is 0 Å². The quantitative estimate of drug-likeness (QED) is 0.568. The van der Waals surface area contributed by atoms with E-state index in [0.29, 0.717) is 0 Å². The van der Waals surface area contributed by atoms with Crippen LogP contribution in [0.5, 0.6) is 0 Å². The van der Waals surface area contributed by atoms with Crippen LogP contribution in [0, 0.1) is 0 Å². The lowest BCUT2D eigenvalue weighted by Gasteiger charge is -1.94. The SMILES string of the molecule is C[N]c1cccc(Cl)c1. The summed E-state index contributed by atoms with van der Waals surface area (Å²) in [6.45, 7) is 0. The lowest BCUT2D eigenvalue weighted by Crippen LogP contribution is -1.83. The predicted octanol–water partition coefficient (Wildman–Crippen LogP) is 2.21. The molecule has 0 heterocycles. The minimum atomic E-state index is 0.734. The van der Waals surface area contributed by atoms with Gasteiger partial charge in [0, 0.05) is 12.1 Å². The molecule has 0 aliphatic carbocycles. The van der Waals surface area contributed by atoms with Crippen molar-refractivity contribution >= 4 is 17.3 Å². The molecule has 0 fully saturated rings. The van der Waals surface area contributed by atoms with Crippen LogP contribution in [0.4, 0.5) is 5.69 Å². The summed E-state index contributed by atoms with van der Waals surface area (Å²) < 4.78 is 0. The van der Waals surface area contributed by atoms with Gasteiger partial charge in [0.15, 0.2) is 0 Å². The van der Waals surface area contributed by atoms with Gasteiger partial charge in [-0.05, 0) is 18.2 Å². The van der Waals surface area contributed by atoms with Gasteiger partial charge in [-0.3, -0.25) is 5.32 Å². The Morgan fingerprint density at radius 1 is 1.44 bits per heavy atom. The van der Waals surface area contributed by atoms with E-state index in [-0.39, 0.29) is 0 Å². The number of nitrogens with zero attached hydrogens (tertiary/aromatic N) is 1. The molecule has 0 aliphatic rings. The van der Waals surface area contributed by atoms with Crippen LogP contribution >= 0.6 is 11.6 Å². The summed E-state index contributed by atoms with van der Waals surface area (Å²) in [5.41, 5.74) is 0.919. The summed E-state index contributed by atoms with van der Waals surface area (Å²) in [4.78, 5) is 0. The first-order valence-electron chi connectivity index (χ1n) is 2.68. The summed E-state index contributed by atoms with van der Waals surface area (Å²) in [5.74, 6) is 0. The van der Waals surface area contributed by atoms with Gasteiger partial charge in [0.05, 0.1) is 5.69 Å². The molecule has 0 saturated carbocycles. The molecule has 0 aliphatic heterocycles. The highest BCUT2D eigenvalue weighted by Gasteiger charge is 1.88. The molecule has 9 heavy (non-hydrogen) atoms. The van der Waals surface area contributed by atoms with Gasteiger partial charge >= 0.3 is 0 Å². The molecule has 0 N–H and O–H groups in total. The fraction of sp³-hybridized carbons (Fsp3) is 0.143. The highest BCUT2D eigenvalue weighted by molar-refractivity contribution is 6.30. The van der Waals surface area contributed by atoms with Crippen LogP contribution in [0.2, 0.25) is 5.02 Å². The summed E-state index contributed by atoms with van der Waals surface area (Å²) in [7, 11) is 1.74. The van der Waals surface area contributed by atoms with Crippen molar-refractivity contribution in [3.05, 3.63) is 29.3 Å². The Kier molecular flexibility index (Phi) is 1.96. The molecule has 0 saturated heterocycles. The number of benzene rings is 1. The van der Waals surface area contributed by atoms with E-state index in [1.807, 2.05) is 24.3 Å². The van der Waals surface area contributed by atoms with Gasteiger partial charge in [-0.25, -0.2) is 0 Å². The molecule has 0 bridgehead atoms. The van der Waals surface area contributed by atoms with Crippen molar-refractivity contribution in [2.75, 3.05) is 7.05 Å². The van der Waals surface area contributed by atoms with Crippen LogP contribution in [0.25, 0.3) is 0 Å². The smallest absolute Gasteiger partial charge is 0.0585 e. The first kappa shape index (κ1) is 6.43. The Bertz CT molecular complexity index is 198. The van der Waals surface area contributed by atoms with Crippen molar-refractivity contribution in [3.8, 4) is 0 Å². The molecule has 1 radical (unpaired) electrons. The third-order valence-electron chi connectivity index (χ3n) is 1.07. The van der Waals surface area contributed by atoms with E-state index >= 15 is 0 Å². The van der Waals surface area contributed by atoms with Crippen LogP contribution in [0.15, 0.2) is 24.3 Å². The van der Waals surface area contributed by atoms with E-state index in [2.05, 4.69) is 5.32 Å². The van der Waals surface area contributed by atoms with E-state index in [4.69, 9.17) is 11.6 Å². The van der Waals surface area contributed by atoms with E-state index in [1.54, 1.807) is 7.05 Å². The van der Waals surface area contributed by atoms with Gasteiger partial charge < -0.3 is 0 Å².